The van der Waals surface area contributed by atoms with E-state index < -0.39 is 23.1 Å². The smallest absolute Gasteiger partial charge is 0.228 e. The summed E-state index contributed by atoms with van der Waals surface area (Å²) in [4.78, 5) is 26.4. The van der Waals surface area contributed by atoms with E-state index in [-0.39, 0.29) is 24.6 Å². The third kappa shape index (κ3) is 3.00. The molecule has 1 unspecified atom stereocenters. The van der Waals surface area contributed by atoms with Crippen molar-refractivity contribution >= 4 is 28.2 Å². The molecule has 0 aliphatic carbocycles. The van der Waals surface area contributed by atoms with Crippen molar-refractivity contribution in [2.24, 2.45) is 0 Å². The number of fused-ring (bicyclic) bond motifs is 1. The van der Waals surface area contributed by atoms with Crippen LogP contribution in [0, 0.1) is 11.6 Å². The van der Waals surface area contributed by atoms with Gasteiger partial charge in [-0.05, 0) is 29.8 Å². The molecule has 150 valence electrons. The van der Waals surface area contributed by atoms with Crippen LogP contribution in [0.1, 0.15) is 12.0 Å². The molecule has 2 aromatic carbocycles. The lowest BCUT2D eigenvalue weighted by atomic mass is 9.87. The van der Waals surface area contributed by atoms with E-state index in [0.717, 1.165) is 0 Å². The molecule has 1 amide bonds. The molecule has 1 aliphatic rings. The molecule has 4 rings (SSSR count). The van der Waals surface area contributed by atoms with Gasteiger partial charge in [-0.3, -0.25) is 9.59 Å². The normalized spacial score (nSPS) is 19.0. The first kappa shape index (κ1) is 18.9. The molecule has 0 spiro atoms. The van der Waals surface area contributed by atoms with Crippen LogP contribution in [0.4, 0.5) is 14.5 Å². The van der Waals surface area contributed by atoms with Crippen LogP contribution in [0.5, 0.6) is 5.88 Å². The fourth-order valence-corrected chi connectivity index (χ4v) is 3.82. The fourth-order valence-electron chi connectivity index (χ4n) is 3.82. The lowest BCUT2D eigenvalue weighted by Gasteiger charge is -2.29. The number of nitrogens with one attached hydrogen (secondary N) is 1. The highest BCUT2D eigenvalue weighted by molar-refractivity contribution is 6.10. The van der Waals surface area contributed by atoms with Gasteiger partial charge >= 0.3 is 0 Å². The highest BCUT2D eigenvalue weighted by Gasteiger charge is 2.48. The minimum Gasteiger partial charge on any atom is -0.494 e. The van der Waals surface area contributed by atoms with Crippen LogP contribution in [0.25, 0.3) is 10.8 Å². The fraction of sp³-hybridized carbons (Fsp3) is 0.238. The summed E-state index contributed by atoms with van der Waals surface area (Å²) >= 11 is 0. The molecule has 1 aliphatic heterocycles. The van der Waals surface area contributed by atoms with Crippen LogP contribution >= 0.6 is 0 Å². The summed E-state index contributed by atoms with van der Waals surface area (Å²) in [6.07, 6.45) is 1.29. The first-order valence-corrected chi connectivity index (χ1v) is 9.00. The Morgan fingerprint density at radius 3 is 2.45 bits per heavy atom. The van der Waals surface area contributed by atoms with E-state index in [9.17, 15) is 23.5 Å². The van der Waals surface area contributed by atoms with Crippen molar-refractivity contribution in [1.82, 2.24) is 9.88 Å². The predicted octanol–water partition coefficient (Wildman–Crippen LogP) is 2.68. The van der Waals surface area contributed by atoms with Crippen molar-refractivity contribution in [2.75, 3.05) is 19.0 Å². The summed E-state index contributed by atoms with van der Waals surface area (Å²) in [7, 11) is 3.41. The van der Waals surface area contributed by atoms with Crippen molar-refractivity contribution in [3.05, 3.63) is 59.8 Å². The number of nitrogens with zero attached hydrogens (tertiary/aromatic N) is 2. The first-order chi connectivity index (χ1) is 13.7. The van der Waals surface area contributed by atoms with Crippen LogP contribution in [-0.4, -0.2) is 35.5 Å². The van der Waals surface area contributed by atoms with Crippen LogP contribution in [-0.2, 0) is 21.7 Å². The Bertz CT molecular complexity index is 1140. The van der Waals surface area contributed by atoms with Crippen molar-refractivity contribution in [3.8, 4) is 5.88 Å². The molecule has 1 fully saturated rings. The Morgan fingerprint density at radius 2 is 1.86 bits per heavy atom. The SMILES string of the molecule is CN(C)c1cc2cn(CC3(c4ccc(F)cc4)NC(=O)CC3=O)c(O)c2cc1F. The van der Waals surface area contributed by atoms with Crippen LogP contribution in [0.2, 0.25) is 0 Å². The number of aromatic nitrogens is 1. The molecule has 0 saturated carbocycles. The van der Waals surface area contributed by atoms with Gasteiger partial charge in [0.1, 0.15) is 17.2 Å². The first-order valence-electron chi connectivity index (χ1n) is 9.00. The number of carbonyl (C=O) groups excluding carboxylic acids is 2. The summed E-state index contributed by atoms with van der Waals surface area (Å²) in [6, 6.07) is 8.11. The molecule has 6 nitrogen and oxygen atoms in total. The second-order valence-corrected chi connectivity index (χ2v) is 7.43. The van der Waals surface area contributed by atoms with Gasteiger partial charge < -0.3 is 19.9 Å². The molecule has 2 heterocycles. The van der Waals surface area contributed by atoms with E-state index >= 15 is 0 Å². The maximum absolute atomic E-state index is 14.3. The van der Waals surface area contributed by atoms with Gasteiger partial charge in [0.2, 0.25) is 5.91 Å². The summed E-state index contributed by atoms with van der Waals surface area (Å²) in [5.41, 5.74) is -0.680. The van der Waals surface area contributed by atoms with E-state index in [1.54, 1.807) is 31.3 Å². The predicted molar refractivity (Wildman–Crippen MR) is 104 cm³/mol. The number of benzene rings is 2. The number of anilines is 1. The Morgan fingerprint density at radius 1 is 1.17 bits per heavy atom. The molecule has 3 aromatic rings. The van der Waals surface area contributed by atoms with Crippen molar-refractivity contribution in [3.63, 3.8) is 0 Å². The minimum absolute atomic E-state index is 0.108. The molecule has 2 N–H and O–H groups in total. The average molecular weight is 399 g/mol. The summed E-state index contributed by atoms with van der Waals surface area (Å²) in [6.45, 7) is -0.108. The van der Waals surface area contributed by atoms with E-state index in [0.29, 0.717) is 22.0 Å². The second kappa shape index (κ2) is 6.58. The number of Topliss-reactive ketones (excluding diaryl/α,β-unsaturated/α-hetero) is 1. The molecule has 0 bridgehead atoms. The Labute approximate surface area is 165 Å². The third-order valence-corrected chi connectivity index (χ3v) is 5.30. The summed E-state index contributed by atoms with van der Waals surface area (Å²) in [5, 5.41) is 14.2. The number of halogens is 2. The van der Waals surface area contributed by atoms with Gasteiger partial charge in [0.05, 0.1) is 18.7 Å². The standard InChI is InChI=1S/C21H19F2N3O3/c1-25(2)17-7-12-10-26(20(29)15(12)8-16(17)23)11-21(18(27)9-19(28)24-21)13-3-5-14(22)6-4-13/h3-8,10,29H,9,11H2,1-2H3,(H,24,28). The van der Waals surface area contributed by atoms with E-state index in [1.165, 1.54) is 34.9 Å². The minimum atomic E-state index is -1.44. The number of hydrogen-bond donors (Lipinski definition) is 2. The maximum atomic E-state index is 14.3. The second-order valence-electron chi connectivity index (χ2n) is 7.43. The molecular weight excluding hydrogens is 380 g/mol. The Hall–Kier alpha value is -3.42. The molecule has 0 radical (unpaired) electrons. The molecular formula is C21H19F2N3O3. The molecule has 1 atom stereocenters. The summed E-state index contributed by atoms with van der Waals surface area (Å²) < 4.78 is 29.1. The zero-order valence-corrected chi connectivity index (χ0v) is 15.9. The summed E-state index contributed by atoms with van der Waals surface area (Å²) in [5.74, 6) is -2.02. The van der Waals surface area contributed by atoms with Crippen molar-refractivity contribution in [1.29, 1.82) is 0 Å². The number of carbonyl (C=O) groups is 2. The average Bonchev–Trinajstić information content (AvgIpc) is 3.11. The zero-order chi connectivity index (χ0) is 20.9. The highest BCUT2D eigenvalue weighted by atomic mass is 19.1. The largest absolute Gasteiger partial charge is 0.494 e. The van der Waals surface area contributed by atoms with E-state index in [2.05, 4.69) is 5.32 Å². The number of aromatic hydroxyl groups is 1. The van der Waals surface area contributed by atoms with Crippen LogP contribution in [0.15, 0.2) is 42.6 Å². The topological polar surface area (TPSA) is 74.6 Å². The van der Waals surface area contributed by atoms with Crippen molar-refractivity contribution < 1.29 is 23.5 Å². The highest BCUT2D eigenvalue weighted by Crippen LogP contribution is 2.36. The molecule has 29 heavy (non-hydrogen) atoms. The zero-order valence-electron chi connectivity index (χ0n) is 15.9. The van der Waals surface area contributed by atoms with Gasteiger partial charge in [0.25, 0.3) is 0 Å². The number of rotatable bonds is 4. The van der Waals surface area contributed by atoms with Crippen molar-refractivity contribution in [2.45, 2.75) is 18.5 Å². The van der Waals surface area contributed by atoms with Crippen LogP contribution in [0.3, 0.4) is 0 Å². The van der Waals surface area contributed by atoms with Gasteiger partial charge in [-0.25, -0.2) is 8.78 Å². The lowest BCUT2D eigenvalue weighted by molar-refractivity contribution is -0.123. The number of hydrogen-bond acceptors (Lipinski definition) is 4. The Balaban J connectivity index is 1.84. The lowest BCUT2D eigenvalue weighted by Crippen LogP contribution is -2.47. The van der Waals surface area contributed by atoms with E-state index in [1.807, 2.05) is 0 Å². The van der Waals surface area contributed by atoms with Gasteiger partial charge in [0.15, 0.2) is 11.7 Å². The van der Waals surface area contributed by atoms with Crippen LogP contribution < -0.4 is 10.2 Å². The maximum Gasteiger partial charge on any atom is 0.228 e. The third-order valence-electron chi connectivity index (χ3n) is 5.30. The van der Waals surface area contributed by atoms with Gasteiger partial charge in [-0.2, -0.15) is 0 Å². The van der Waals surface area contributed by atoms with Gasteiger partial charge in [0, 0.05) is 31.1 Å². The van der Waals surface area contributed by atoms with Gasteiger partial charge in [-0.1, -0.05) is 12.1 Å². The monoisotopic (exact) mass is 399 g/mol. The molecule has 1 aromatic heterocycles. The number of ketones is 1. The molecule has 8 heteroatoms. The quantitative estimate of drug-likeness (QED) is 0.662. The van der Waals surface area contributed by atoms with Gasteiger partial charge in [-0.15, -0.1) is 0 Å². The molecule has 1 saturated heterocycles. The Kier molecular flexibility index (Phi) is 4.29. The number of amides is 1. The van der Waals surface area contributed by atoms with E-state index in [4.69, 9.17) is 0 Å².